The van der Waals surface area contributed by atoms with Crippen LogP contribution in [0.4, 0.5) is 0 Å². The van der Waals surface area contributed by atoms with Crippen LogP contribution in [0.2, 0.25) is 0 Å². The Kier molecular flexibility index (Phi) is 3.92. The van der Waals surface area contributed by atoms with E-state index in [9.17, 15) is 4.79 Å². The average Bonchev–Trinajstić information content (AvgIpc) is 3.00. The van der Waals surface area contributed by atoms with Crippen molar-refractivity contribution in [1.82, 2.24) is 20.0 Å². The van der Waals surface area contributed by atoms with Crippen molar-refractivity contribution < 1.29 is 14.3 Å². The van der Waals surface area contributed by atoms with Crippen molar-refractivity contribution in [2.45, 2.75) is 18.9 Å². The van der Waals surface area contributed by atoms with Gasteiger partial charge in [-0.3, -0.25) is 4.98 Å². The maximum atomic E-state index is 11.9. The van der Waals surface area contributed by atoms with Crippen molar-refractivity contribution >= 4 is 5.97 Å². The molecule has 3 heterocycles. The van der Waals surface area contributed by atoms with E-state index in [1.807, 2.05) is 16.8 Å². The summed E-state index contributed by atoms with van der Waals surface area (Å²) >= 11 is 0. The maximum absolute atomic E-state index is 11.9. The summed E-state index contributed by atoms with van der Waals surface area (Å²) in [6, 6.07) is 3.84. The van der Waals surface area contributed by atoms with Gasteiger partial charge in [-0.15, -0.1) is 5.10 Å². The molecule has 0 N–H and O–H groups in total. The minimum atomic E-state index is -0.486. The summed E-state index contributed by atoms with van der Waals surface area (Å²) in [7, 11) is 1.34. The van der Waals surface area contributed by atoms with Gasteiger partial charge in [-0.05, 0) is 25.0 Å². The first kappa shape index (κ1) is 13.7. The van der Waals surface area contributed by atoms with Gasteiger partial charge in [0, 0.05) is 31.2 Å². The number of nitrogens with zero attached hydrogens (tertiary/aromatic N) is 4. The molecule has 0 aromatic carbocycles. The zero-order valence-electron chi connectivity index (χ0n) is 11.7. The summed E-state index contributed by atoms with van der Waals surface area (Å²) in [6.07, 6.45) is 5.06. The van der Waals surface area contributed by atoms with Gasteiger partial charge < -0.3 is 9.47 Å². The molecule has 1 aliphatic heterocycles. The number of aromatic nitrogens is 4. The lowest BCUT2D eigenvalue weighted by molar-refractivity contribution is 0.0594. The summed E-state index contributed by atoms with van der Waals surface area (Å²) in [4.78, 5) is 15.9. The zero-order chi connectivity index (χ0) is 14.7. The molecule has 0 bridgehead atoms. The van der Waals surface area contributed by atoms with Gasteiger partial charge in [0.15, 0.2) is 5.69 Å². The average molecular weight is 288 g/mol. The van der Waals surface area contributed by atoms with Crippen LogP contribution in [0.3, 0.4) is 0 Å². The van der Waals surface area contributed by atoms with E-state index in [-0.39, 0.29) is 11.7 Å². The molecule has 0 amide bonds. The molecule has 7 nitrogen and oxygen atoms in total. The molecule has 1 fully saturated rings. The Labute approximate surface area is 121 Å². The summed E-state index contributed by atoms with van der Waals surface area (Å²) in [5.74, 6) is -0.486. The number of carbonyl (C=O) groups is 1. The number of esters is 1. The van der Waals surface area contributed by atoms with E-state index in [4.69, 9.17) is 9.47 Å². The van der Waals surface area contributed by atoms with Crippen LogP contribution >= 0.6 is 0 Å². The van der Waals surface area contributed by atoms with E-state index in [0.29, 0.717) is 18.9 Å². The summed E-state index contributed by atoms with van der Waals surface area (Å²) in [5, 5.41) is 8.19. The molecular weight excluding hydrogens is 272 g/mol. The number of hydrogen-bond acceptors (Lipinski definition) is 6. The Morgan fingerprint density at radius 1 is 1.33 bits per heavy atom. The topological polar surface area (TPSA) is 79.1 Å². The van der Waals surface area contributed by atoms with Crippen LogP contribution in [0.25, 0.3) is 11.3 Å². The van der Waals surface area contributed by atoms with Crippen LogP contribution in [0, 0.1) is 0 Å². The zero-order valence-corrected chi connectivity index (χ0v) is 11.7. The van der Waals surface area contributed by atoms with Gasteiger partial charge in [-0.2, -0.15) is 0 Å². The van der Waals surface area contributed by atoms with Crippen LogP contribution in [0.1, 0.15) is 29.4 Å². The van der Waals surface area contributed by atoms with Gasteiger partial charge in [-0.1, -0.05) is 5.21 Å². The molecule has 7 heteroatoms. The van der Waals surface area contributed by atoms with Crippen molar-refractivity contribution in [3.8, 4) is 11.3 Å². The fourth-order valence-electron chi connectivity index (χ4n) is 2.49. The second-order valence-corrected chi connectivity index (χ2v) is 4.80. The van der Waals surface area contributed by atoms with Crippen molar-refractivity contribution in [3.63, 3.8) is 0 Å². The van der Waals surface area contributed by atoms with Gasteiger partial charge >= 0.3 is 5.97 Å². The molecule has 3 rings (SSSR count). The lowest BCUT2D eigenvalue weighted by Gasteiger charge is -2.23. The Balaban J connectivity index is 2.08. The maximum Gasteiger partial charge on any atom is 0.360 e. The van der Waals surface area contributed by atoms with Gasteiger partial charge in [-0.25, -0.2) is 9.48 Å². The molecule has 0 radical (unpaired) electrons. The highest BCUT2D eigenvalue weighted by molar-refractivity contribution is 5.93. The number of pyridine rings is 1. The van der Waals surface area contributed by atoms with Gasteiger partial charge in [0.25, 0.3) is 0 Å². The fourth-order valence-corrected chi connectivity index (χ4v) is 2.49. The molecule has 1 saturated heterocycles. The molecule has 2 aromatic heterocycles. The third-order valence-electron chi connectivity index (χ3n) is 3.56. The highest BCUT2D eigenvalue weighted by Gasteiger charge is 2.26. The molecule has 0 saturated carbocycles. The minimum Gasteiger partial charge on any atom is -0.464 e. The monoisotopic (exact) mass is 288 g/mol. The number of hydrogen-bond donors (Lipinski definition) is 0. The molecule has 110 valence electrons. The lowest BCUT2D eigenvalue weighted by atomic mass is 10.1. The van der Waals surface area contributed by atoms with E-state index >= 15 is 0 Å². The quantitative estimate of drug-likeness (QED) is 0.796. The SMILES string of the molecule is COC(=O)c1nnn(C2CCOCC2)c1-c1ccncc1. The van der Waals surface area contributed by atoms with Crippen LogP contribution in [0.5, 0.6) is 0 Å². The highest BCUT2D eigenvalue weighted by atomic mass is 16.5. The van der Waals surface area contributed by atoms with E-state index < -0.39 is 5.97 Å². The summed E-state index contributed by atoms with van der Waals surface area (Å²) in [5.41, 5.74) is 1.76. The molecule has 1 aliphatic rings. The first-order valence-corrected chi connectivity index (χ1v) is 6.83. The Hall–Kier alpha value is -2.28. The summed E-state index contributed by atoms with van der Waals surface area (Å²) < 4.78 is 12.0. The Morgan fingerprint density at radius 3 is 2.71 bits per heavy atom. The number of rotatable bonds is 3. The first-order valence-electron chi connectivity index (χ1n) is 6.83. The molecule has 2 aromatic rings. The third kappa shape index (κ3) is 2.64. The van der Waals surface area contributed by atoms with Crippen molar-refractivity contribution in [1.29, 1.82) is 0 Å². The number of ether oxygens (including phenoxy) is 2. The van der Waals surface area contributed by atoms with E-state index in [2.05, 4.69) is 15.3 Å². The van der Waals surface area contributed by atoms with Crippen molar-refractivity contribution in [3.05, 3.63) is 30.2 Å². The van der Waals surface area contributed by atoms with Crippen LogP contribution in [0.15, 0.2) is 24.5 Å². The first-order chi connectivity index (χ1) is 10.3. The molecular formula is C14H16N4O3. The van der Waals surface area contributed by atoms with Crippen LogP contribution < -0.4 is 0 Å². The summed E-state index contributed by atoms with van der Waals surface area (Å²) in [6.45, 7) is 1.38. The van der Waals surface area contributed by atoms with Gasteiger partial charge in [0.1, 0.15) is 5.69 Å². The fraction of sp³-hybridized carbons (Fsp3) is 0.429. The number of methoxy groups -OCH3 is 1. The molecule has 0 spiro atoms. The van der Waals surface area contributed by atoms with Crippen molar-refractivity contribution in [2.24, 2.45) is 0 Å². The molecule has 0 unspecified atom stereocenters. The second kappa shape index (κ2) is 6.01. The largest absolute Gasteiger partial charge is 0.464 e. The van der Waals surface area contributed by atoms with E-state index in [1.165, 1.54) is 7.11 Å². The highest BCUT2D eigenvalue weighted by Crippen LogP contribution is 2.29. The van der Waals surface area contributed by atoms with Crippen molar-refractivity contribution in [2.75, 3.05) is 20.3 Å². The van der Waals surface area contributed by atoms with E-state index in [0.717, 1.165) is 18.4 Å². The Morgan fingerprint density at radius 2 is 2.05 bits per heavy atom. The van der Waals surface area contributed by atoms with E-state index in [1.54, 1.807) is 12.4 Å². The van der Waals surface area contributed by atoms with Gasteiger partial charge in [0.05, 0.1) is 13.2 Å². The lowest BCUT2D eigenvalue weighted by Crippen LogP contribution is -2.21. The predicted octanol–water partition coefficient (Wildman–Crippen LogP) is 1.48. The van der Waals surface area contributed by atoms with Crippen LogP contribution in [-0.2, 0) is 9.47 Å². The minimum absolute atomic E-state index is 0.174. The molecule has 0 atom stereocenters. The normalized spacial score (nSPS) is 15.9. The smallest absolute Gasteiger partial charge is 0.360 e. The predicted molar refractivity (Wildman–Crippen MR) is 73.7 cm³/mol. The van der Waals surface area contributed by atoms with Gasteiger partial charge in [0.2, 0.25) is 0 Å². The molecule has 21 heavy (non-hydrogen) atoms. The molecule has 0 aliphatic carbocycles. The second-order valence-electron chi connectivity index (χ2n) is 4.80. The Bertz CT molecular complexity index is 620. The van der Waals surface area contributed by atoms with Crippen LogP contribution in [-0.4, -0.2) is 46.3 Å². The third-order valence-corrected chi connectivity index (χ3v) is 3.56. The number of carbonyl (C=O) groups excluding carboxylic acids is 1. The standard InChI is InChI=1S/C14H16N4O3/c1-20-14(19)12-13(10-2-6-15-7-3-10)18(17-16-12)11-4-8-21-9-5-11/h2-3,6-7,11H,4-5,8-9H2,1H3.